The smallest absolute Gasteiger partial charge is 0.421 e. The molecule has 0 atom stereocenters. The Labute approximate surface area is 187 Å². The van der Waals surface area contributed by atoms with Crippen LogP contribution < -0.4 is 9.64 Å². The number of amides is 2. The third-order valence-electron chi connectivity index (χ3n) is 5.19. The number of hydrogen-bond donors (Lipinski definition) is 0. The fourth-order valence-corrected chi connectivity index (χ4v) is 3.72. The maximum absolute atomic E-state index is 13.8. The average Bonchev–Trinajstić information content (AvgIpc) is 2.97. The third-order valence-corrected chi connectivity index (χ3v) is 5.19. The van der Waals surface area contributed by atoms with E-state index in [1.807, 2.05) is 6.92 Å². The Morgan fingerprint density at radius 3 is 2.03 bits per heavy atom. The summed E-state index contributed by atoms with van der Waals surface area (Å²) in [6, 6.07) is 4.94. The predicted molar refractivity (Wildman–Crippen MR) is 116 cm³/mol. The lowest BCUT2D eigenvalue weighted by atomic mass is 9.74. The highest BCUT2D eigenvalue weighted by Gasteiger charge is 2.54. The number of benzene rings is 1. The summed E-state index contributed by atoms with van der Waals surface area (Å²) in [4.78, 5) is 51.6. The van der Waals surface area contributed by atoms with Crippen molar-refractivity contribution in [3.63, 3.8) is 0 Å². The van der Waals surface area contributed by atoms with E-state index in [1.54, 1.807) is 39.0 Å². The van der Waals surface area contributed by atoms with Crippen molar-refractivity contribution in [1.82, 2.24) is 0 Å². The Bertz CT molecular complexity index is 866. The van der Waals surface area contributed by atoms with Gasteiger partial charge in [0.2, 0.25) is 5.91 Å². The highest BCUT2D eigenvalue weighted by atomic mass is 16.6. The molecule has 0 bridgehead atoms. The lowest BCUT2D eigenvalue weighted by Crippen LogP contribution is -2.45. The quantitative estimate of drug-likeness (QED) is 0.438. The van der Waals surface area contributed by atoms with Gasteiger partial charge in [0.15, 0.2) is 0 Å². The molecule has 1 aliphatic rings. The predicted octanol–water partition coefficient (Wildman–Crippen LogP) is 3.51. The maximum atomic E-state index is 13.8. The van der Waals surface area contributed by atoms with Gasteiger partial charge in [0.05, 0.1) is 31.9 Å². The SMILES string of the molecule is CCOc1ccc2c(c1)C(CCC(=O)OC)(CCC(=O)OC)C(=O)N2C(=O)OC(C)(C)C. The summed E-state index contributed by atoms with van der Waals surface area (Å²) in [5.41, 5.74) is -1.33. The molecule has 176 valence electrons. The molecule has 1 aromatic rings. The summed E-state index contributed by atoms with van der Waals surface area (Å²) in [6.45, 7) is 7.33. The van der Waals surface area contributed by atoms with Crippen molar-refractivity contribution in [3.8, 4) is 5.75 Å². The first-order valence-corrected chi connectivity index (χ1v) is 10.5. The molecular weight excluding hydrogens is 418 g/mol. The Morgan fingerprint density at radius 1 is 1.00 bits per heavy atom. The third kappa shape index (κ3) is 5.38. The van der Waals surface area contributed by atoms with E-state index in [4.69, 9.17) is 18.9 Å². The molecule has 9 nitrogen and oxygen atoms in total. The van der Waals surface area contributed by atoms with E-state index in [0.717, 1.165) is 4.90 Å². The first kappa shape index (κ1) is 25.2. The number of carbonyl (C=O) groups is 4. The van der Waals surface area contributed by atoms with Crippen LogP contribution in [0.25, 0.3) is 0 Å². The topological polar surface area (TPSA) is 108 Å². The van der Waals surface area contributed by atoms with Crippen LogP contribution in [0, 0.1) is 0 Å². The minimum absolute atomic E-state index is 0.0391. The van der Waals surface area contributed by atoms with Crippen molar-refractivity contribution < 1.29 is 38.1 Å². The largest absolute Gasteiger partial charge is 0.494 e. The summed E-state index contributed by atoms with van der Waals surface area (Å²) in [6.07, 6.45) is -0.909. The summed E-state index contributed by atoms with van der Waals surface area (Å²) >= 11 is 0. The van der Waals surface area contributed by atoms with Crippen molar-refractivity contribution in [2.75, 3.05) is 25.7 Å². The van der Waals surface area contributed by atoms with Gasteiger partial charge in [-0.25, -0.2) is 9.69 Å². The molecule has 0 aromatic heterocycles. The highest BCUT2D eigenvalue weighted by Crippen LogP contribution is 2.49. The number of rotatable bonds is 8. The molecule has 0 unspecified atom stereocenters. The van der Waals surface area contributed by atoms with Crippen LogP contribution in [0.4, 0.5) is 10.5 Å². The van der Waals surface area contributed by atoms with Gasteiger partial charge in [0, 0.05) is 12.8 Å². The fraction of sp³-hybridized carbons (Fsp3) is 0.565. The van der Waals surface area contributed by atoms with Crippen molar-refractivity contribution in [2.45, 2.75) is 64.4 Å². The van der Waals surface area contributed by atoms with Crippen molar-refractivity contribution >= 4 is 29.6 Å². The Morgan fingerprint density at radius 2 is 1.56 bits per heavy atom. The first-order chi connectivity index (χ1) is 15.0. The van der Waals surface area contributed by atoms with E-state index in [9.17, 15) is 19.2 Å². The summed E-state index contributed by atoms with van der Waals surface area (Å²) < 4.78 is 20.6. The van der Waals surface area contributed by atoms with Crippen LogP contribution in [0.1, 0.15) is 58.9 Å². The molecule has 1 aromatic carbocycles. The van der Waals surface area contributed by atoms with E-state index in [1.165, 1.54) is 14.2 Å². The van der Waals surface area contributed by atoms with E-state index in [-0.39, 0.29) is 25.7 Å². The van der Waals surface area contributed by atoms with Gasteiger partial charge in [-0.2, -0.15) is 0 Å². The lowest BCUT2D eigenvalue weighted by Gasteiger charge is -2.29. The molecular formula is C23H31NO8. The van der Waals surface area contributed by atoms with Crippen molar-refractivity contribution in [1.29, 1.82) is 0 Å². The van der Waals surface area contributed by atoms with E-state index in [2.05, 4.69) is 0 Å². The van der Waals surface area contributed by atoms with Gasteiger partial charge in [0.1, 0.15) is 11.4 Å². The molecule has 1 heterocycles. The van der Waals surface area contributed by atoms with Crippen molar-refractivity contribution in [3.05, 3.63) is 23.8 Å². The monoisotopic (exact) mass is 449 g/mol. The van der Waals surface area contributed by atoms with Crippen LogP contribution in [-0.4, -0.2) is 50.4 Å². The second kappa shape index (κ2) is 10.0. The first-order valence-electron chi connectivity index (χ1n) is 10.5. The maximum Gasteiger partial charge on any atom is 0.421 e. The number of esters is 2. The average molecular weight is 450 g/mol. The highest BCUT2D eigenvalue weighted by molar-refractivity contribution is 6.21. The van der Waals surface area contributed by atoms with Gasteiger partial charge in [-0.05, 0) is 64.3 Å². The molecule has 32 heavy (non-hydrogen) atoms. The van der Waals surface area contributed by atoms with Gasteiger partial charge in [0.25, 0.3) is 0 Å². The minimum atomic E-state index is -1.33. The molecule has 2 amide bonds. The van der Waals surface area contributed by atoms with Gasteiger partial charge in [-0.1, -0.05) is 0 Å². The molecule has 0 spiro atoms. The van der Waals surface area contributed by atoms with E-state index >= 15 is 0 Å². The van der Waals surface area contributed by atoms with Gasteiger partial charge >= 0.3 is 18.0 Å². The number of fused-ring (bicyclic) bond motifs is 1. The molecule has 0 saturated heterocycles. The van der Waals surface area contributed by atoms with Gasteiger partial charge < -0.3 is 18.9 Å². The molecule has 0 N–H and O–H groups in total. The van der Waals surface area contributed by atoms with E-state index in [0.29, 0.717) is 23.6 Å². The molecule has 0 fully saturated rings. The van der Waals surface area contributed by atoms with Crippen LogP contribution in [0.3, 0.4) is 0 Å². The fourth-order valence-electron chi connectivity index (χ4n) is 3.72. The second-order valence-corrected chi connectivity index (χ2v) is 8.47. The zero-order valence-corrected chi connectivity index (χ0v) is 19.5. The molecule has 0 aliphatic carbocycles. The normalized spacial score (nSPS) is 14.6. The summed E-state index contributed by atoms with van der Waals surface area (Å²) in [5, 5.41) is 0. The number of anilines is 1. The molecule has 0 saturated carbocycles. The zero-order valence-electron chi connectivity index (χ0n) is 19.5. The second-order valence-electron chi connectivity index (χ2n) is 8.47. The van der Waals surface area contributed by atoms with Gasteiger partial charge in [-0.15, -0.1) is 0 Å². The van der Waals surface area contributed by atoms with Crippen LogP contribution >= 0.6 is 0 Å². The number of carbonyl (C=O) groups excluding carboxylic acids is 4. The zero-order chi connectivity index (χ0) is 24.1. The molecule has 2 rings (SSSR count). The number of ether oxygens (including phenoxy) is 4. The summed E-state index contributed by atoms with van der Waals surface area (Å²) in [5.74, 6) is -1.07. The minimum Gasteiger partial charge on any atom is -0.494 e. The summed E-state index contributed by atoms with van der Waals surface area (Å²) in [7, 11) is 2.52. The number of methoxy groups -OCH3 is 2. The van der Waals surface area contributed by atoms with E-state index < -0.39 is 35.0 Å². The molecule has 9 heteroatoms. The number of hydrogen-bond acceptors (Lipinski definition) is 8. The Balaban J connectivity index is 2.62. The van der Waals surface area contributed by atoms with Gasteiger partial charge in [-0.3, -0.25) is 14.4 Å². The number of imide groups is 1. The van der Waals surface area contributed by atoms with Crippen LogP contribution in [-0.2, 0) is 34.0 Å². The van der Waals surface area contributed by atoms with Crippen molar-refractivity contribution in [2.24, 2.45) is 0 Å². The Hall–Kier alpha value is -3.10. The molecule has 0 radical (unpaired) electrons. The number of nitrogens with zero attached hydrogens (tertiary/aromatic N) is 1. The lowest BCUT2D eigenvalue weighted by molar-refractivity contribution is -0.141. The van der Waals surface area contributed by atoms with Crippen LogP contribution in [0.15, 0.2) is 18.2 Å². The Kier molecular flexibility index (Phi) is 7.87. The van der Waals surface area contributed by atoms with Crippen LogP contribution in [0.5, 0.6) is 5.75 Å². The molecule has 1 aliphatic heterocycles. The van der Waals surface area contributed by atoms with Crippen LogP contribution in [0.2, 0.25) is 0 Å². The standard InChI is InChI=1S/C23H31NO8/c1-7-31-15-8-9-17-16(14-15)23(12-10-18(25)29-5,13-11-19(26)30-6)20(27)24(17)21(28)32-22(2,3)4/h8-9,14H,7,10-13H2,1-6H3.